The van der Waals surface area contributed by atoms with Gasteiger partial charge in [0.25, 0.3) is 0 Å². The molecule has 0 amide bonds. The third kappa shape index (κ3) is 2.08. The zero-order valence-electron chi connectivity index (χ0n) is 7.87. The first-order chi connectivity index (χ1) is 6.19. The van der Waals surface area contributed by atoms with Crippen molar-refractivity contribution in [2.24, 2.45) is 0 Å². The SMILES string of the molecule is CCC(CC)c1ncc(C(=O)O)[nH]1. The summed E-state index contributed by atoms with van der Waals surface area (Å²) in [5.41, 5.74) is 0.168. The van der Waals surface area contributed by atoms with Gasteiger partial charge >= 0.3 is 5.97 Å². The predicted octanol–water partition coefficient (Wildman–Crippen LogP) is 2.01. The molecule has 13 heavy (non-hydrogen) atoms. The summed E-state index contributed by atoms with van der Waals surface area (Å²) in [4.78, 5) is 17.4. The topological polar surface area (TPSA) is 66.0 Å². The smallest absolute Gasteiger partial charge is 0.353 e. The van der Waals surface area contributed by atoms with Gasteiger partial charge in [-0.25, -0.2) is 9.78 Å². The summed E-state index contributed by atoms with van der Waals surface area (Å²) in [5.74, 6) is 0.167. The van der Waals surface area contributed by atoms with E-state index in [0.717, 1.165) is 18.7 Å². The molecule has 0 saturated heterocycles. The molecule has 1 aromatic rings. The van der Waals surface area contributed by atoms with Gasteiger partial charge in [-0.05, 0) is 12.8 Å². The molecule has 0 saturated carbocycles. The minimum atomic E-state index is -0.954. The number of carboxylic acid groups (broad SMARTS) is 1. The number of hydrogen-bond donors (Lipinski definition) is 2. The van der Waals surface area contributed by atoms with Crippen molar-refractivity contribution in [2.45, 2.75) is 32.6 Å². The first kappa shape index (κ1) is 9.77. The number of nitrogens with one attached hydrogen (secondary N) is 1. The second-order valence-corrected chi connectivity index (χ2v) is 3.00. The van der Waals surface area contributed by atoms with Crippen LogP contribution < -0.4 is 0 Å². The van der Waals surface area contributed by atoms with E-state index in [9.17, 15) is 4.79 Å². The molecule has 0 bridgehead atoms. The lowest BCUT2D eigenvalue weighted by molar-refractivity contribution is 0.0691. The number of imidazole rings is 1. The van der Waals surface area contributed by atoms with Crippen LogP contribution in [0.4, 0.5) is 0 Å². The summed E-state index contributed by atoms with van der Waals surface area (Å²) in [6.07, 6.45) is 3.32. The number of aromatic carboxylic acids is 1. The van der Waals surface area contributed by atoms with Gasteiger partial charge in [0.05, 0.1) is 6.20 Å². The maximum Gasteiger partial charge on any atom is 0.353 e. The first-order valence-electron chi connectivity index (χ1n) is 4.47. The number of aromatic amines is 1. The minimum absolute atomic E-state index is 0.168. The number of nitrogens with zero attached hydrogens (tertiary/aromatic N) is 1. The molecule has 72 valence electrons. The fourth-order valence-electron chi connectivity index (χ4n) is 1.33. The third-order valence-electron chi connectivity index (χ3n) is 2.20. The Labute approximate surface area is 77.0 Å². The number of aromatic nitrogens is 2. The average molecular weight is 182 g/mol. The number of rotatable bonds is 4. The molecular formula is C9H14N2O2. The zero-order chi connectivity index (χ0) is 9.84. The van der Waals surface area contributed by atoms with Crippen LogP contribution in [0.15, 0.2) is 6.20 Å². The molecule has 1 heterocycles. The average Bonchev–Trinajstić information content (AvgIpc) is 2.56. The molecule has 0 unspecified atom stereocenters. The van der Waals surface area contributed by atoms with Crippen LogP contribution in [0.25, 0.3) is 0 Å². The second kappa shape index (κ2) is 4.07. The van der Waals surface area contributed by atoms with Crippen molar-refractivity contribution in [1.29, 1.82) is 0 Å². The van der Waals surface area contributed by atoms with Gasteiger partial charge in [0.1, 0.15) is 11.5 Å². The summed E-state index contributed by atoms with van der Waals surface area (Å²) in [6.45, 7) is 4.13. The summed E-state index contributed by atoms with van der Waals surface area (Å²) in [5, 5.41) is 8.65. The van der Waals surface area contributed by atoms with Crippen molar-refractivity contribution < 1.29 is 9.90 Å². The van der Waals surface area contributed by atoms with E-state index in [1.54, 1.807) is 0 Å². The largest absolute Gasteiger partial charge is 0.477 e. The summed E-state index contributed by atoms with van der Waals surface area (Å²) < 4.78 is 0. The maximum absolute atomic E-state index is 10.5. The standard InChI is InChI=1S/C9H14N2O2/c1-3-6(4-2)8-10-5-7(11-8)9(12)13/h5-6H,3-4H2,1-2H3,(H,10,11)(H,12,13). The lowest BCUT2D eigenvalue weighted by Crippen LogP contribution is -2.00. The normalized spacial score (nSPS) is 10.7. The van der Waals surface area contributed by atoms with Gasteiger partial charge in [0.2, 0.25) is 0 Å². The van der Waals surface area contributed by atoms with E-state index in [0.29, 0.717) is 5.92 Å². The van der Waals surface area contributed by atoms with Gasteiger partial charge < -0.3 is 10.1 Å². The van der Waals surface area contributed by atoms with Crippen LogP contribution in [0.1, 0.15) is 48.9 Å². The van der Waals surface area contributed by atoms with Gasteiger partial charge in [-0.15, -0.1) is 0 Å². The fourth-order valence-corrected chi connectivity index (χ4v) is 1.33. The van der Waals surface area contributed by atoms with Crippen LogP contribution >= 0.6 is 0 Å². The fraction of sp³-hybridized carbons (Fsp3) is 0.556. The van der Waals surface area contributed by atoms with E-state index in [4.69, 9.17) is 5.11 Å². The van der Waals surface area contributed by atoms with Gasteiger partial charge in [0.15, 0.2) is 0 Å². The highest BCUT2D eigenvalue weighted by molar-refractivity contribution is 5.85. The zero-order valence-corrected chi connectivity index (χ0v) is 7.87. The van der Waals surface area contributed by atoms with Gasteiger partial charge in [-0.1, -0.05) is 13.8 Å². The Kier molecular flexibility index (Phi) is 3.06. The van der Waals surface area contributed by atoms with Gasteiger partial charge in [-0.3, -0.25) is 0 Å². The molecule has 0 aliphatic carbocycles. The molecule has 0 fully saturated rings. The van der Waals surface area contributed by atoms with E-state index < -0.39 is 5.97 Å². The Bertz CT molecular complexity index is 290. The van der Waals surface area contributed by atoms with E-state index >= 15 is 0 Å². The minimum Gasteiger partial charge on any atom is -0.477 e. The van der Waals surface area contributed by atoms with Crippen LogP contribution in [0, 0.1) is 0 Å². The Hall–Kier alpha value is -1.32. The van der Waals surface area contributed by atoms with Gasteiger partial charge in [0, 0.05) is 5.92 Å². The number of carbonyl (C=O) groups is 1. The van der Waals surface area contributed by atoms with Crippen LogP contribution in [0.5, 0.6) is 0 Å². The van der Waals surface area contributed by atoms with Crippen molar-refractivity contribution in [3.8, 4) is 0 Å². The highest BCUT2D eigenvalue weighted by Crippen LogP contribution is 2.19. The highest BCUT2D eigenvalue weighted by Gasteiger charge is 2.13. The monoisotopic (exact) mass is 182 g/mol. The Morgan fingerprint density at radius 1 is 1.62 bits per heavy atom. The summed E-state index contributed by atoms with van der Waals surface area (Å²) in [6, 6.07) is 0. The Morgan fingerprint density at radius 3 is 2.62 bits per heavy atom. The molecule has 1 rings (SSSR count). The summed E-state index contributed by atoms with van der Waals surface area (Å²) in [7, 11) is 0. The second-order valence-electron chi connectivity index (χ2n) is 3.00. The van der Waals surface area contributed by atoms with Gasteiger partial charge in [-0.2, -0.15) is 0 Å². The molecule has 0 atom stereocenters. The van der Waals surface area contributed by atoms with Crippen LogP contribution in [-0.2, 0) is 0 Å². The molecule has 0 aliphatic rings. The Morgan fingerprint density at radius 2 is 2.23 bits per heavy atom. The molecule has 4 heteroatoms. The van der Waals surface area contributed by atoms with E-state index in [2.05, 4.69) is 23.8 Å². The van der Waals surface area contributed by atoms with Crippen molar-refractivity contribution in [3.63, 3.8) is 0 Å². The number of carboxylic acids is 1. The van der Waals surface area contributed by atoms with E-state index in [1.165, 1.54) is 6.20 Å². The van der Waals surface area contributed by atoms with Crippen molar-refractivity contribution in [1.82, 2.24) is 9.97 Å². The van der Waals surface area contributed by atoms with Crippen LogP contribution in [0.2, 0.25) is 0 Å². The Balaban J connectivity index is 2.84. The summed E-state index contributed by atoms with van der Waals surface area (Å²) >= 11 is 0. The predicted molar refractivity (Wildman–Crippen MR) is 48.9 cm³/mol. The molecule has 0 aromatic carbocycles. The van der Waals surface area contributed by atoms with E-state index in [-0.39, 0.29) is 5.69 Å². The third-order valence-corrected chi connectivity index (χ3v) is 2.20. The van der Waals surface area contributed by atoms with E-state index in [1.807, 2.05) is 0 Å². The molecule has 1 aromatic heterocycles. The molecule has 4 nitrogen and oxygen atoms in total. The van der Waals surface area contributed by atoms with Crippen molar-refractivity contribution >= 4 is 5.97 Å². The molecule has 2 N–H and O–H groups in total. The molecular weight excluding hydrogens is 168 g/mol. The quantitative estimate of drug-likeness (QED) is 0.748. The highest BCUT2D eigenvalue weighted by atomic mass is 16.4. The molecule has 0 spiro atoms. The van der Waals surface area contributed by atoms with Crippen LogP contribution in [-0.4, -0.2) is 21.0 Å². The number of H-pyrrole nitrogens is 1. The first-order valence-corrected chi connectivity index (χ1v) is 4.47. The molecule has 0 aliphatic heterocycles. The van der Waals surface area contributed by atoms with Crippen molar-refractivity contribution in [3.05, 3.63) is 17.7 Å². The van der Waals surface area contributed by atoms with Crippen LogP contribution in [0.3, 0.4) is 0 Å². The lowest BCUT2D eigenvalue weighted by atomic mass is 10.0. The number of hydrogen-bond acceptors (Lipinski definition) is 2. The maximum atomic E-state index is 10.5. The lowest BCUT2D eigenvalue weighted by Gasteiger charge is -2.07. The molecule has 0 radical (unpaired) electrons. The van der Waals surface area contributed by atoms with Crippen molar-refractivity contribution in [2.75, 3.05) is 0 Å².